The highest BCUT2D eigenvalue weighted by Crippen LogP contribution is 2.29. The highest BCUT2D eigenvalue weighted by atomic mass is 16.2. The molecule has 0 radical (unpaired) electrons. The molecule has 0 unspecified atom stereocenters. The Morgan fingerprint density at radius 2 is 1.74 bits per heavy atom. The monoisotopic (exact) mass is 563 g/mol. The molecule has 1 fully saturated rings. The zero-order valence-electron chi connectivity index (χ0n) is 24.7. The van der Waals surface area contributed by atoms with Gasteiger partial charge in [-0.3, -0.25) is 14.4 Å². The molecule has 0 spiro atoms. The van der Waals surface area contributed by atoms with Crippen molar-refractivity contribution < 1.29 is 9.59 Å². The van der Waals surface area contributed by atoms with E-state index < -0.39 is 0 Å². The minimum Gasteiger partial charge on any atom is -0.399 e. The number of aryl methyl sites for hydroxylation is 1. The molecule has 1 aliphatic carbocycles. The number of rotatable bonds is 7. The summed E-state index contributed by atoms with van der Waals surface area (Å²) in [6.07, 6.45) is 3.80. The van der Waals surface area contributed by atoms with Gasteiger partial charge in [-0.25, -0.2) is 4.98 Å². The Morgan fingerprint density at radius 3 is 2.40 bits per heavy atom. The third-order valence-corrected chi connectivity index (χ3v) is 7.66. The van der Waals surface area contributed by atoms with Crippen LogP contribution in [0.15, 0.2) is 71.7 Å². The molecule has 0 atom stereocenters. The van der Waals surface area contributed by atoms with Gasteiger partial charge in [0.15, 0.2) is 0 Å². The van der Waals surface area contributed by atoms with Crippen LogP contribution in [0.5, 0.6) is 0 Å². The van der Waals surface area contributed by atoms with E-state index in [4.69, 9.17) is 10.7 Å². The Hall–Kier alpha value is -4.72. The molecule has 8 heteroatoms. The van der Waals surface area contributed by atoms with E-state index in [0.29, 0.717) is 39.5 Å². The van der Waals surface area contributed by atoms with E-state index in [1.807, 2.05) is 49.4 Å². The van der Waals surface area contributed by atoms with Crippen LogP contribution in [0.3, 0.4) is 0 Å². The molecule has 3 aromatic carbocycles. The topological polar surface area (TPSA) is 119 Å². The Morgan fingerprint density at radius 1 is 1.02 bits per heavy atom. The van der Waals surface area contributed by atoms with E-state index in [1.54, 1.807) is 31.4 Å². The number of amides is 2. The number of anilines is 2. The van der Waals surface area contributed by atoms with Crippen molar-refractivity contribution >= 4 is 23.2 Å². The number of benzene rings is 3. The number of nitrogens with one attached hydrogen (secondary N) is 2. The summed E-state index contributed by atoms with van der Waals surface area (Å²) in [4.78, 5) is 43.9. The molecule has 0 saturated heterocycles. The smallest absolute Gasteiger partial charge is 0.272 e. The Labute approximate surface area is 246 Å². The fourth-order valence-corrected chi connectivity index (χ4v) is 4.91. The SMILES string of the molecule is Cc1c(NC(=O)c2ccc(C(C)(C)C)cc2)cccc1-c1cn(C)c(=O)c(Cc2ccc(N)cc2C(=O)NC2CC2)n1. The third-order valence-electron chi connectivity index (χ3n) is 7.66. The number of carbonyl (C=O) groups is 2. The summed E-state index contributed by atoms with van der Waals surface area (Å²) in [7, 11) is 1.68. The van der Waals surface area contributed by atoms with Crippen molar-refractivity contribution in [3.8, 4) is 11.3 Å². The van der Waals surface area contributed by atoms with Gasteiger partial charge in [0.25, 0.3) is 17.4 Å². The first-order chi connectivity index (χ1) is 19.9. The lowest BCUT2D eigenvalue weighted by Crippen LogP contribution is -2.28. The first-order valence-corrected chi connectivity index (χ1v) is 14.2. The van der Waals surface area contributed by atoms with Crippen LogP contribution in [0.1, 0.15) is 76.7 Å². The molecule has 4 N–H and O–H groups in total. The molecule has 4 aromatic rings. The molecule has 0 bridgehead atoms. The maximum Gasteiger partial charge on any atom is 0.272 e. The van der Waals surface area contributed by atoms with Gasteiger partial charge in [0.05, 0.1) is 5.69 Å². The number of hydrogen-bond acceptors (Lipinski definition) is 5. The molecule has 5 rings (SSSR count). The van der Waals surface area contributed by atoms with Gasteiger partial charge in [-0.15, -0.1) is 0 Å². The average molecular weight is 564 g/mol. The van der Waals surface area contributed by atoms with Crippen LogP contribution in [0, 0.1) is 6.92 Å². The van der Waals surface area contributed by atoms with Crippen LogP contribution >= 0.6 is 0 Å². The summed E-state index contributed by atoms with van der Waals surface area (Å²) >= 11 is 0. The zero-order chi connectivity index (χ0) is 30.2. The summed E-state index contributed by atoms with van der Waals surface area (Å²) in [6.45, 7) is 8.32. The van der Waals surface area contributed by atoms with Crippen molar-refractivity contribution in [3.05, 3.63) is 111 Å². The molecule has 1 aliphatic rings. The van der Waals surface area contributed by atoms with Crippen molar-refractivity contribution in [1.82, 2.24) is 14.9 Å². The summed E-state index contributed by atoms with van der Waals surface area (Å²) in [5, 5.41) is 6.03. The van der Waals surface area contributed by atoms with Gasteiger partial charge in [0.2, 0.25) is 0 Å². The maximum absolute atomic E-state index is 13.2. The molecule has 2 amide bonds. The quantitative estimate of drug-likeness (QED) is 0.261. The van der Waals surface area contributed by atoms with Crippen molar-refractivity contribution in [2.45, 2.75) is 58.4 Å². The average Bonchev–Trinajstić information content (AvgIpc) is 3.76. The minimum absolute atomic E-state index is 0.0000179. The van der Waals surface area contributed by atoms with Crippen LogP contribution in [0.2, 0.25) is 0 Å². The lowest BCUT2D eigenvalue weighted by molar-refractivity contribution is 0.0949. The van der Waals surface area contributed by atoms with Gasteiger partial charge in [-0.1, -0.05) is 51.1 Å². The summed E-state index contributed by atoms with van der Waals surface area (Å²) in [5.41, 5.74) is 12.3. The highest BCUT2D eigenvalue weighted by Gasteiger charge is 2.25. The fraction of sp³-hybridized carbons (Fsp3) is 0.294. The fourth-order valence-electron chi connectivity index (χ4n) is 4.91. The van der Waals surface area contributed by atoms with Crippen LogP contribution < -0.4 is 21.9 Å². The van der Waals surface area contributed by atoms with Gasteiger partial charge < -0.3 is 20.9 Å². The second-order valence-corrected chi connectivity index (χ2v) is 12.1. The second kappa shape index (κ2) is 11.3. The predicted octanol–water partition coefficient (Wildman–Crippen LogP) is 5.37. The van der Waals surface area contributed by atoms with Gasteiger partial charge in [0, 0.05) is 53.8 Å². The molecule has 42 heavy (non-hydrogen) atoms. The zero-order valence-corrected chi connectivity index (χ0v) is 24.7. The third kappa shape index (κ3) is 6.28. The number of hydrogen-bond donors (Lipinski definition) is 3. The number of nitrogen functional groups attached to an aromatic ring is 1. The van der Waals surface area contributed by atoms with E-state index in [1.165, 1.54) is 4.57 Å². The summed E-state index contributed by atoms with van der Waals surface area (Å²) < 4.78 is 1.50. The van der Waals surface area contributed by atoms with Gasteiger partial charge in [-0.05, 0) is 72.2 Å². The van der Waals surface area contributed by atoms with E-state index in [0.717, 1.165) is 29.5 Å². The molecule has 8 nitrogen and oxygen atoms in total. The molecular formula is C34H37N5O3. The van der Waals surface area contributed by atoms with E-state index >= 15 is 0 Å². The summed E-state index contributed by atoms with van der Waals surface area (Å²) in [5.74, 6) is -0.398. The summed E-state index contributed by atoms with van der Waals surface area (Å²) in [6, 6.07) is 18.6. The normalized spacial score (nSPS) is 13.1. The Balaban J connectivity index is 1.43. The predicted molar refractivity (Wildman–Crippen MR) is 167 cm³/mol. The van der Waals surface area contributed by atoms with Crippen LogP contribution in [-0.2, 0) is 18.9 Å². The Kier molecular flexibility index (Phi) is 7.73. The Bertz CT molecular complexity index is 1730. The maximum atomic E-state index is 13.2. The molecule has 1 heterocycles. The molecule has 1 saturated carbocycles. The molecule has 216 valence electrons. The van der Waals surface area contributed by atoms with Gasteiger partial charge in [0.1, 0.15) is 5.69 Å². The number of nitrogens with two attached hydrogens (primary N) is 1. The van der Waals surface area contributed by atoms with Crippen LogP contribution in [0.25, 0.3) is 11.3 Å². The van der Waals surface area contributed by atoms with Crippen LogP contribution in [0.4, 0.5) is 11.4 Å². The largest absolute Gasteiger partial charge is 0.399 e. The number of carbonyl (C=O) groups excluding carboxylic acids is 2. The van der Waals surface area contributed by atoms with Crippen LogP contribution in [-0.4, -0.2) is 27.4 Å². The van der Waals surface area contributed by atoms with Crippen molar-refractivity contribution in [2.75, 3.05) is 11.1 Å². The van der Waals surface area contributed by atoms with Crippen molar-refractivity contribution in [1.29, 1.82) is 0 Å². The first-order valence-electron chi connectivity index (χ1n) is 14.2. The highest BCUT2D eigenvalue weighted by molar-refractivity contribution is 6.05. The first kappa shape index (κ1) is 28.8. The van der Waals surface area contributed by atoms with Crippen molar-refractivity contribution in [3.63, 3.8) is 0 Å². The number of aromatic nitrogens is 2. The molecule has 1 aromatic heterocycles. The number of nitrogens with zero attached hydrogens (tertiary/aromatic N) is 2. The molecular weight excluding hydrogens is 526 g/mol. The lowest BCUT2D eigenvalue weighted by atomic mass is 9.86. The van der Waals surface area contributed by atoms with E-state index in [-0.39, 0.29) is 35.3 Å². The molecule has 0 aliphatic heterocycles. The van der Waals surface area contributed by atoms with Gasteiger partial charge in [-0.2, -0.15) is 0 Å². The van der Waals surface area contributed by atoms with Gasteiger partial charge >= 0.3 is 0 Å². The van der Waals surface area contributed by atoms with E-state index in [9.17, 15) is 14.4 Å². The van der Waals surface area contributed by atoms with E-state index in [2.05, 4.69) is 31.4 Å². The second-order valence-electron chi connectivity index (χ2n) is 12.1. The minimum atomic E-state index is -0.245. The van der Waals surface area contributed by atoms with Crippen molar-refractivity contribution in [2.24, 2.45) is 7.05 Å². The standard InChI is InChI=1S/C34H37N5O3/c1-20-26(7-6-8-28(20)38-31(40)21-9-12-23(13-10-21)34(2,3)4)30-19-39(5)33(42)29(37-30)17-22-11-14-24(35)18-27(22)32(41)36-25-15-16-25/h6-14,18-19,25H,15-17,35H2,1-5H3,(H,36,41)(H,38,40). The lowest BCUT2D eigenvalue weighted by Gasteiger charge is -2.19.